The third kappa shape index (κ3) is 5.61. The molecular formula is C24H33N5O2. The second-order valence-corrected chi connectivity index (χ2v) is 8.11. The molecule has 0 fully saturated rings. The van der Waals surface area contributed by atoms with E-state index in [1.807, 2.05) is 16.8 Å². The van der Waals surface area contributed by atoms with Crippen LogP contribution in [0.2, 0.25) is 0 Å². The van der Waals surface area contributed by atoms with Gasteiger partial charge in [0.05, 0.1) is 29.6 Å². The van der Waals surface area contributed by atoms with Crippen molar-refractivity contribution in [3.8, 4) is 11.3 Å². The Morgan fingerprint density at radius 1 is 1.26 bits per heavy atom. The molecule has 0 aliphatic heterocycles. The van der Waals surface area contributed by atoms with Gasteiger partial charge in [0, 0.05) is 18.2 Å². The van der Waals surface area contributed by atoms with Gasteiger partial charge in [0.15, 0.2) is 5.65 Å². The molecule has 2 aromatic heterocycles. The Morgan fingerprint density at radius 3 is 2.77 bits per heavy atom. The van der Waals surface area contributed by atoms with Gasteiger partial charge in [0.25, 0.3) is 0 Å². The van der Waals surface area contributed by atoms with Crippen LogP contribution in [0.1, 0.15) is 52.1 Å². The van der Waals surface area contributed by atoms with Crippen LogP contribution in [0.3, 0.4) is 0 Å². The van der Waals surface area contributed by atoms with Crippen LogP contribution >= 0.6 is 0 Å². The third-order valence-corrected chi connectivity index (χ3v) is 5.14. The molecule has 7 nitrogen and oxygen atoms in total. The van der Waals surface area contributed by atoms with Crippen LogP contribution in [0, 0.1) is 0 Å². The quantitative estimate of drug-likeness (QED) is 0.493. The first-order valence-corrected chi connectivity index (χ1v) is 11.0. The van der Waals surface area contributed by atoms with E-state index in [0.29, 0.717) is 12.3 Å². The smallest absolute Gasteiger partial charge is 0.411 e. The maximum absolute atomic E-state index is 12.1. The Morgan fingerprint density at radius 2 is 2.06 bits per heavy atom. The summed E-state index contributed by atoms with van der Waals surface area (Å²) in [4.78, 5) is 19.4. The third-order valence-electron chi connectivity index (χ3n) is 5.14. The molecule has 0 aliphatic rings. The van der Waals surface area contributed by atoms with E-state index in [1.54, 1.807) is 13.1 Å². The SMILES string of the molecule is CCCCN(C)Cc1cccc(-c2cc(NC(=O)OCC)c3cnn(C(C)C)c3n2)c1. The van der Waals surface area contributed by atoms with E-state index in [-0.39, 0.29) is 6.04 Å². The van der Waals surface area contributed by atoms with E-state index < -0.39 is 6.09 Å². The molecule has 3 aromatic rings. The summed E-state index contributed by atoms with van der Waals surface area (Å²) in [7, 11) is 2.15. The number of anilines is 1. The van der Waals surface area contributed by atoms with Crippen molar-refractivity contribution in [3.05, 3.63) is 42.1 Å². The number of amides is 1. The molecule has 0 aliphatic carbocycles. The number of carbonyl (C=O) groups excluding carboxylic acids is 1. The van der Waals surface area contributed by atoms with E-state index in [1.165, 1.54) is 18.4 Å². The average molecular weight is 424 g/mol. The fourth-order valence-corrected chi connectivity index (χ4v) is 3.57. The highest BCUT2D eigenvalue weighted by atomic mass is 16.5. The molecule has 0 bridgehead atoms. The number of rotatable bonds is 9. The zero-order chi connectivity index (χ0) is 22.4. The van der Waals surface area contributed by atoms with Crippen molar-refractivity contribution in [2.45, 2.75) is 53.1 Å². The number of ether oxygens (including phenoxy) is 1. The number of unbranched alkanes of at least 4 members (excludes halogenated alkanes) is 1. The molecule has 7 heteroatoms. The topological polar surface area (TPSA) is 72.3 Å². The van der Waals surface area contributed by atoms with Gasteiger partial charge in [-0.25, -0.2) is 14.5 Å². The highest BCUT2D eigenvalue weighted by molar-refractivity contribution is 5.99. The fourth-order valence-electron chi connectivity index (χ4n) is 3.57. The Hall–Kier alpha value is -2.93. The van der Waals surface area contributed by atoms with Crippen LogP contribution in [0.5, 0.6) is 0 Å². The van der Waals surface area contributed by atoms with E-state index in [4.69, 9.17) is 9.72 Å². The van der Waals surface area contributed by atoms with Crippen molar-refractivity contribution in [3.63, 3.8) is 0 Å². The fraction of sp³-hybridized carbons (Fsp3) is 0.458. The second kappa shape index (κ2) is 10.4. The molecule has 0 saturated heterocycles. The monoisotopic (exact) mass is 423 g/mol. The molecule has 1 N–H and O–H groups in total. The first kappa shape index (κ1) is 22.7. The maximum atomic E-state index is 12.1. The summed E-state index contributed by atoms with van der Waals surface area (Å²) in [5.41, 5.74) is 4.42. The molecule has 0 saturated carbocycles. The molecule has 0 atom stereocenters. The molecule has 0 unspecified atom stereocenters. The number of aromatic nitrogens is 3. The van der Waals surface area contributed by atoms with E-state index >= 15 is 0 Å². The number of fused-ring (bicyclic) bond motifs is 1. The lowest BCUT2D eigenvalue weighted by atomic mass is 10.1. The van der Waals surface area contributed by atoms with Crippen molar-refractivity contribution in [1.82, 2.24) is 19.7 Å². The molecule has 2 heterocycles. The zero-order valence-electron chi connectivity index (χ0n) is 19.2. The number of carbonyl (C=O) groups is 1. The Labute approximate surface area is 184 Å². The number of hydrogen-bond donors (Lipinski definition) is 1. The van der Waals surface area contributed by atoms with Gasteiger partial charge >= 0.3 is 6.09 Å². The van der Waals surface area contributed by atoms with Gasteiger partial charge in [-0.2, -0.15) is 5.10 Å². The summed E-state index contributed by atoms with van der Waals surface area (Å²) < 4.78 is 6.96. The highest BCUT2D eigenvalue weighted by Crippen LogP contribution is 2.30. The molecule has 3 rings (SSSR count). The lowest BCUT2D eigenvalue weighted by Gasteiger charge is -2.17. The van der Waals surface area contributed by atoms with Crippen LogP contribution in [0.4, 0.5) is 10.5 Å². The highest BCUT2D eigenvalue weighted by Gasteiger charge is 2.16. The average Bonchev–Trinajstić information content (AvgIpc) is 3.17. The van der Waals surface area contributed by atoms with Crippen LogP contribution in [0.25, 0.3) is 22.3 Å². The van der Waals surface area contributed by atoms with Gasteiger partial charge in [0.2, 0.25) is 0 Å². The first-order chi connectivity index (χ1) is 14.9. The van der Waals surface area contributed by atoms with Crippen LogP contribution < -0.4 is 5.32 Å². The standard InChI is InChI=1S/C24H33N5O2/c1-6-8-12-28(5)16-18-10-9-11-19(13-18)21-14-22(27-24(30)31-7-2)20-15-25-29(17(3)4)23(20)26-21/h9-11,13-15,17H,6-8,12,16H2,1-5H3,(H,26,27,30). The van der Waals surface area contributed by atoms with Crippen LogP contribution in [0.15, 0.2) is 36.5 Å². The van der Waals surface area contributed by atoms with Crippen molar-refractivity contribution < 1.29 is 9.53 Å². The molecule has 0 radical (unpaired) electrons. The number of benzene rings is 1. The number of nitrogens with zero attached hydrogens (tertiary/aromatic N) is 4. The van der Waals surface area contributed by atoms with Crippen LogP contribution in [-0.4, -0.2) is 46.0 Å². The lowest BCUT2D eigenvalue weighted by molar-refractivity contribution is 0.168. The Balaban J connectivity index is 2.00. The molecule has 1 amide bonds. The largest absolute Gasteiger partial charge is 0.450 e. The molecular weight excluding hydrogens is 390 g/mol. The van der Waals surface area contributed by atoms with Crippen molar-refractivity contribution in [1.29, 1.82) is 0 Å². The molecule has 31 heavy (non-hydrogen) atoms. The number of nitrogens with one attached hydrogen (secondary N) is 1. The van der Waals surface area contributed by atoms with Gasteiger partial charge in [-0.3, -0.25) is 5.32 Å². The normalized spacial score (nSPS) is 11.5. The van der Waals surface area contributed by atoms with E-state index in [2.05, 4.69) is 61.3 Å². The number of pyridine rings is 1. The maximum Gasteiger partial charge on any atom is 0.411 e. The van der Waals surface area contributed by atoms with Gasteiger partial charge in [-0.15, -0.1) is 0 Å². The molecule has 1 aromatic carbocycles. The Kier molecular flexibility index (Phi) is 7.63. The second-order valence-electron chi connectivity index (χ2n) is 8.11. The van der Waals surface area contributed by atoms with E-state index in [0.717, 1.165) is 35.4 Å². The van der Waals surface area contributed by atoms with Crippen molar-refractivity contribution in [2.75, 3.05) is 25.5 Å². The summed E-state index contributed by atoms with van der Waals surface area (Å²) in [5, 5.41) is 8.13. The number of hydrogen-bond acceptors (Lipinski definition) is 5. The first-order valence-electron chi connectivity index (χ1n) is 11.0. The molecule has 0 spiro atoms. The molecule has 166 valence electrons. The van der Waals surface area contributed by atoms with Gasteiger partial charge in [-0.1, -0.05) is 31.5 Å². The summed E-state index contributed by atoms with van der Waals surface area (Å²) in [6.45, 7) is 10.4. The minimum absolute atomic E-state index is 0.147. The van der Waals surface area contributed by atoms with Gasteiger partial charge < -0.3 is 9.64 Å². The Bertz CT molecular complexity index is 1030. The van der Waals surface area contributed by atoms with Crippen LogP contribution in [-0.2, 0) is 11.3 Å². The summed E-state index contributed by atoms with van der Waals surface area (Å²) >= 11 is 0. The van der Waals surface area contributed by atoms with Gasteiger partial charge in [0.1, 0.15) is 0 Å². The summed E-state index contributed by atoms with van der Waals surface area (Å²) in [6.07, 6.45) is 3.64. The minimum Gasteiger partial charge on any atom is -0.450 e. The predicted octanol–water partition coefficient (Wildman–Crippen LogP) is 5.48. The van der Waals surface area contributed by atoms with Crippen molar-refractivity contribution >= 4 is 22.8 Å². The minimum atomic E-state index is -0.482. The summed E-state index contributed by atoms with van der Waals surface area (Å²) in [6, 6.07) is 10.5. The zero-order valence-corrected chi connectivity index (χ0v) is 19.2. The van der Waals surface area contributed by atoms with Gasteiger partial charge in [-0.05, 0) is 58.5 Å². The summed E-state index contributed by atoms with van der Waals surface area (Å²) in [5.74, 6) is 0. The van der Waals surface area contributed by atoms with Crippen molar-refractivity contribution in [2.24, 2.45) is 0 Å². The lowest BCUT2D eigenvalue weighted by Crippen LogP contribution is -2.18. The van der Waals surface area contributed by atoms with E-state index in [9.17, 15) is 4.79 Å². The predicted molar refractivity (Wildman–Crippen MR) is 125 cm³/mol.